The van der Waals surface area contributed by atoms with Crippen LogP contribution in [0.4, 0.5) is 0 Å². The van der Waals surface area contributed by atoms with Crippen molar-refractivity contribution in [2.45, 2.75) is 27.7 Å². The topological polar surface area (TPSA) is 0 Å². The molecule has 0 amide bonds. The zero-order valence-corrected chi connectivity index (χ0v) is 7.64. The van der Waals surface area contributed by atoms with Gasteiger partial charge < -0.3 is 0 Å². The maximum atomic E-state index is 2.22. The van der Waals surface area contributed by atoms with Crippen LogP contribution in [0.1, 0.15) is 27.7 Å². The summed E-state index contributed by atoms with van der Waals surface area (Å²) in [6, 6.07) is 0. The molecule has 0 saturated carbocycles. The molecule has 0 bridgehead atoms. The molecule has 1 heterocycles. The molecule has 0 aromatic rings. The van der Waals surface area contributed by atoms with Crippen molar-refractivity contribution in [1.29, 1.82) is 0 Å². The van der Waals surface area contributed by atoms with E-state index < -0.39 is 0 Å². The monoisotopic (exact) mass is 144 g/mol. The Kier molecular flexibility index (Phi) is 4.97. The minimum absolute atomic E-state index is 1.27. The lowest BCUT2D eigenvalue weighted by Crippen LogP contribution is -1.74. The van der Waals surface area contributed by atoms with Gasteiger partial charge in [-0.15, -0.1) is 0 Å². The van der Waals surface area contributed by atoms with E-state index in [4.69, 9.17) is 0 Å². The van der Waals surface area contributed by atoms with Crippen LogP contribution < -0.4 is 0 Å². The molecule has 0 nitrogen and oxygen atoms in total. The summed E-state index contributed by atoms with van der Waals surface area (Å²) in [6.45, 7) is 8.44. The highest BCUT2D eigenvalue weighted by Gasteiger charge is 2.04. The van der Waals surface area contributed by atoms with E-state index >= 15 is 0 Å². The Balaban J connectivity index is 0.000000291. The zero-order chi connectivity index (χ0) is 7.28. The number of thioether (sulfide) groups is 1. The second-order valence-electron chi connectivity index (χ2n) is 2.05. The molecule has 0 aliphatic carbocycles. The van der Waals surface area contributed by atoms with Crippen LogP contribution in [0.25, 0.3) is 0 Å². The third kappa shape index (κ3) is 2.95. The van der Waals surface area contributed by atoms with Gasteiger partial charge in [0.25, 0.3) is 0 Å². The van der Waals surface area contributed by atoms with Gasteiger partial charge in [0.05, 0.1) is 0 Å². The fraction of sp³-hybridized carbons (Fsp3) is 0.750. The van der Waals surface area contributed by atoms with Gasteiger partial charge in [-0.3, -0.25) is 0 Å². The van der Waals surface area contributed by atoms with Gasteiger partial charge in [0, 0.05) is 11.5 Å². The maximum Gasteiger partial charge on any atom is 0.0146 e. The van der Waals surface area contributed by atoms with Gasteiger partial charge in [0.2, 0.25) is 0 Å². The number of rotatable bonds is 0. The first-order chi connectivity index (χ1) is 4.30. The number of hydrogen-bond acceptors (Lipinski definition) is 1. The fourth-order valence-electron chi connectivity index (χ4n) is 0.604. The average molecular weight is 144 g/mol. The smallest absolute Gasteiger partial charge is 0.0146 e. The van der Waals surface area contributed by atoms with Crippen molar-refractivity contribution in [3.8, 4) is 0 Å². The summed E-state index contributed by atoms with van der Waals surface area (Å²) < 4.78 is 0. The molecule has 0 saturated heterocycles. The summed E-state index contributed by atoms with van der Waals surface area (Å²) in [5.41, 5.74) is 3.18. The molecule has 0 atom stereocenters. The average Bonchev–Trinajstić information content (AvgIpc) is 2.23. The summed E-state index contributed by atoms with van der Waals surface area (Å²) in [5, 5.41) is 0. The van der Waals surface area contributed by atoms with Crippen LogP contribution in [0, 0.1) is 0 Å². The molecule has 54 valence electrons. The van der Waals surface area contributed by atoms with Crippen LogP contribution in [0.3, 0.4) is 0 Å². The van der Waals surface area contributed by atoms with Crippen molar-refractivity contribution in [3.63, 3.8) is 0 Å². The van der Waals surface area contributed by atoms with Crippen molar-refractivity contribution >= 4 is 11.8 Å². The molecule has 0 aromatic heterocycles. The molecule has 1 aliphatic rings. The zero-order valence-electron chi connectivity index (χ0n) is 6.82. The molecule has 1 aliphatic heterocycles. The van der Waals surface area contributed by atoms with Crippen LogP contribution in [-0.4, -0.2) is 11.5 Å². The van der Waals surface area contributed by atoms with Crippen LogP contribution in [0.5, 0.6) is 0 Å². The maximum absolute atomic E-state index is 2.22. The Morgan fingerprint density at radius 2 is 1.33 bits per heavy atom. The Hall–Kier alpha value is 0.0900. The molecule has 0 N–H and O–H groups in total. The van der Waals surface area contributed by atoms with Gasteiger partial charge in [-0.05, 0) is 13.8 Å². The van der Waals surface area contributed by atoms with Gasteiger partial charge >= 0.3 is 0 Å². The fourth-order valence-corrected chi connectivity index (χ4v) is 1.81. The Morgan fingerprint density at radius 1 is 1.00 bits per heavy atom. The van der Waals surface area contributed by atoms with E-state index in [2.05, 4.69) is 13.8 Å². The molecule has 0 radical (unpaired) electrons. The Morgan fingerprint density at radius 3 is 1.44 bits per heavy atom. The summed E-state index contributed by atoms with van der Waals surface area (Å²) in [4.78, 5) is 0. The van der Waals surface area contributed by atoms with Crippen LogP contribution in [0.15, 0.2) is 11.1 Å². The van der Waals surface area contributed by atoms with E-state index in [1.165, 1.54) is 11.5 Å². The van der Waals surface area contributed by atoms with Crippen molar-refractivity contribution in [2.24, 2.45) is 0 Å². The first-order valence-corrected chi connectivity index (χ1v) is 4.69. The van der Waals surface area contributed by atoms with E-state index in [1.807, 2.05) is 25.6 Å². The highest BCUT2D eigenvalue weighted by Crippen LogP contribution is 2.22. The predicted molar refractivity (Wildman–Crippen MR) is 47.0 cm³/mol. The molecule has 9 heavy (non-hydrogen) atoms. The number of hydrogen-bond donors (Lipinski definition) is 0. The van der Waals surface area contributed by atoms with Crippen molar-refractivity contribution in [2.75, 3.05) is 11.5 Å². The molecule has 0 unspecified atom stereocenters. The molecule has 0 spiro atoms. The van der Waals surface area contributed by atoms with Crippen LogP contribution in [0.2, 0.25) is 0 Å². The molecule has 0 fully saturated rings. The SMILES string of the molecule is CC.CC1=C(C)CSC1. The van der Waals surface area contributed by atoms with Gasteiger partial charge in [0.15, 0.2) is 0 Å². The lowest BCUT2D eigenvalue weighted by atomic mass is 10.2. The van der Waals surface area contributed by atoms with E-state index in [-0.39, 0.29) is 0 Å². The predicted octanol–water partition coefficient (Wildman–Crippen LogP) is 3.10. The van der Waals surface area contributed by atoms with E-state index in [0.717, 1.165) is 0 Å². The van der Waals surface area contributed by atoms with Crippen molar-refractivity contribution in [3.05, 3.63) is 11.1 Å². The minimum Gasteiger partial charge on any atom is -0.153 e. The van der Waals surface area contributed by atoms with Gasteiger partial charge in [0.1, 0.15) is 0 Å². The van der Waals surface area contributed by atoms with Crippen molar-refractivity contribution in [1.82, 2.24) is 0 Å². The first-order valence-electron chi connectivity index (χ1n) is 3.53. The third-order valence-electron chi connectivity index (χ3n) is 1.37. The quantitative estimate of drug-likeness (QED) is 0.471. The third-order valence-corrected chi connectivity index (χ3v) is 2.64. The largest absolute Gasteiger partial charge is 0.153 e. The second kappa shape index (κ2) is 4.92. The van der Waals surface area contributed by atoms with E-state index in [1.54, 1.807) is 11.1 Å². The van der Waals surface area contributed by atoms with E-state index in [9.17, 15) is 0 Å². The lowest BCUT2D eigenvalue weighted by molar-refractivity contribution is 1.29. The van der Waals surface area contributed by atoms with Crippen molar-refractivity contribution < 1.29 is 0 Å². The Bertz CT molecular complexity index is 91.1. The first kappa shape index (κ1) is 9.09. The van der Waals surface area contributed by atoms with Crippen LogP contribution in [-0.2, 0) is 0 Å². The summed E-state index contributed by atoms with van der Waals surface area (Å²) in [7, 11) is 0. The van der Waals surface area contributed by atoms with E-state index in [0.29, 0.717) is 0 Å². The molecule has 1 rings (SSSR count). The van der Waals surface area contributed by atoms with Gasteiger partial charge in [-0.25, -0.2) is 0 Å². The highest BCUT2D eigenvalue weighted by molar-refractivity contribution is 7.99. The summed E-state index contributed by atoms with van der Waals surface area (Å²) >= 11 is 2.02. The minimum atomic E-state index is 1.27. The second-order valence-corrected chi connectivity index (χ2v) is 3.04. The summed E-state index contributed by atoms with van der Waals surface area (Å²) in [6.07, 6.45) is 0. The van der Waals surface area contributed by atoms with Gasteiger partial charge in [-0.1, -0.05) is 25.0 Å². The van der Waals surface area contributed by atoms with Gasteiger partial charge in [-0.2, -0.15) is 11.8 Å². The standard InChI is InChI=1S/C6H10S.C2H6/c1-5-3-7-4-6(5)2;1-2/h3-4H2,1-2H3;1-2H3. The molecule has 1 heteroatoms. The summed E-state index contributed by atoms with van der Waals surface area (Å²) in [5.74, 6) is 2.54. The van der Waals surface area contributed by atoms with Crippen LogP contribution >= 0.6 is 11.8 Å². The molecular weight excluding hydrogens is 128 g/mol. The normalized spacial score (nSPS) is 17.3. The molecule has 0 aromatic carbocycles. The Labute approximate surface area is 62.7 Å². The lowest BCUT2D eigenvalue weighted by Gasteiger charge is -1.86. The highest BCUT2D eigenvalue weighted by atomic mass is 32.2. The molecular formula is C8H16S.